The van der Waals surface area contributed by atoms with Crippen molar-refractivity contribution in [1.82, 2.24) is 4.98 Å². The number of ether oxygens (including phenoxy) is 2. The molecule has 0 bridgehead atoms. The molecule has 2 rings (SSSR count). The third-order valence-electron chi connectivity index (χ3n) is 2.77. The number of carbonyl (C=O) groups excluding carboxylic acids is 1. The highest BCUT2D eigenvalue weighted by atomic mass is 127. The molecule has 4 nitrogen and oxygen atoms in total. The fourth-order valence-electron chi connectivity index (χ4n) is 1.72. The van der Waals surface area contributed by atoms with Crippen molar-refractivity contribution < 1.29 is 14.3 Å². The summed E-state index contributed by atoms with van der Waals surface area (Å²) in [4.78, 5) is 15.5. The Kier molecular flexibility index (Phi) is 6.21. The van der Waals surface area contributed by atoms with Crippen LogP contribution in [0.4, 0.5) is 0 Å². The lowest BCUT2D eigenvalue weighted by molar-refractivity contribution is -0.134. The topological polar surface area (TPSA) is 48.4 Å². The molecule has 0 saturated carbocycles. The van der Waals surface area contributed by atoms with E-state index in [1.54, 1.807) is 18.2 Å². The van der Waals surface area contributed by atoms with Crippen LogP contribution in [0.15, 0.2) is 54.6 Å². The molecule has 0 aliphatic rings. The Morgan fingerprint density at radius 2 is 2.00 bits per heavy atom. The highest BCUT2D eigenvalue weighted by molar-refractivity contribution is 14.1. The molecule has 0 saturated heterocycles. The third kappa shape index (κ3) is 4.71. The number of methoxy groups -OCH3 is 1. The van der Waals surface area contributed by atoms with E-state index in [-0.39, 0.29) is 0 Å². The van der Waals surface area contributed by atoms with E-state index < -0.39 is 12.1 Å². The molecule has 6 heteroatoms. The predicted octanol–water partition coefficient (Wildman–Crippen LogP) is 4.19. The second-order valence-corrected chi connectivity index (χ2v) is 5.66. The Hall–Kier alpha value is -1.60. The van der Waals surface area contributed by atoms with Crippen molar-refractivity contribution in [2.24, 2.45) is 0 Å². The summed E-state index contributed by atoms with van der Waals surface area (Å²) < 4.78 is 11.2. The number of hydrogen-bond donors (Lipinski definition) is 0. The molecule has 1 aromatic carbocycles. The minimum atomic E-state index is -0.437. The molecule has 0 radical (unpaired) electrons. The average Bonchev–Trinajstić information content (AvgIpc) is 2.53. The van der Waals surface area contributed by atoms with Crippen molar-refractivity contribution in [2.45, 2.75) is 6.10 Å². The van der Waals surface area contributed by atoms with Gasteiger partial charge in [0, 0.05) is 6.08 Å². The number of carbonyl (C=O) groups is 1. The number of nitrogens with zero attached hydrogens (tertiary/aromatic N) is 1. The van der Waals surface area contributed by atoms with E-state index in [0.29, 0.717) is 14.6 Å². The van der Waals surface area contributed by atoms with E-state index >= 15 is 0 Å². The zero-order valence-electron chi connectivity index (χ0n) is 11.7. The first-order valence-electron chi connectivity index (χ1n) is 6.40. The highest BCUT2D eigenvalue weighted by Crippen LogP contribution is 2.27. The van der Waals surface area contributed by atoms with Gasteiger partial charge in [0.15, 0.2) is 5.75 Å². The van der Waals surface area contributed by atoms with Gasteiger partial charge in [-0.1, -0.05) is 41.9 Å². The summed E-state index contributed by atoms with van der Waals surface area (Å²) in [5.41, 5.74) is 0.911. The van der Waals surface area contributed by atoms with Gasteiger partial charge in [0.05, 0.1) is 7.11 Å². The van der Waals surface area contributed by atoms with E-state index in [1.807, 2.05) is 30.3 Å². The molecule has 114 valence electrons. The van der Waals surface area contributed by atoms with Crippen LogP contribution in [-0.2, 0) is 9.53 Å². The molecule has 1 aromatic heterocycles. The highest BCUT2D eigenvalue weighted by Gasteiger charge is 2.13. The van der Waals surface area contributed by atoms with Crippen LogP contribution in [0.5, 0.6) is 5.75 Å². The fraction of sp³-hybridized carbons (Fsp3) is 0.125. The van der Waals surface area contributed by atoms with Crippen molar-refractivity contribution in [1.29, 1.82) is 0 Å². The van der Waals surface area contributed by atoms with Crippen molar-refractivity contribution in [3.63, 3.8) is 0 Å². The number of halogens is 2. The van der Waals surface area contributed by atoms with Gasteiger partial charge < -0.3 is 9.47 Å². The monoisotopic (exact) mass is 429 g/mol. The largest absolute Gasteiger partial charge is 0.479 e. The maximum atomic E-state index is 11.3. The molecular weight excluding hydrogens is 417 g/mol. The fourth-order valence-corrected chi connectivity index (χ4v) is 2.58. The van der Waals surface area contributed by atoms with Crippen LogP contribution in [-0.4, -0.2) is 18.1 Å². The van der Waals surface area contributed by atoms with Gasteiger partial charge in [-0.15, -0.1) is 0 Å². The average molecular weight is 430 g/mol. The second-order valence-electron chi connectivity index (χ2n) is 4.25. The first kappa shape index (κ1) is 16.8. The smallest absolute Gasteiger partial charge is 0.330 e. The van der Waals surface area contributed by atoms with Gasteiger partial charge >= 0.3 is 5.97 Å². The zero-order chi connectivity index (χ0) is 15.9. The lowest BCUT2D eigenvalue weighted by Crippen LogP contribution is -2.07. The van der Waals surface area contributed by atoms with Crippen LogP contribution in [0.25, 0.3) is 0 Å². The molecule has 1 heterocycles. The number of rotatable bonds is 5. The number of benzene rings is 1. The zero-order valence-corrected chi connectivity index (χ0v) is 14.6. The third-order valence-corrected chi connectivity index (χ3v) is 3.75. The maximum absolute atomic E-state index is 11.3. The summed E-state index contributed by atoms with van der Waals surface area (Å²) in [6, 6.07) is 13.0. The Morgan fingerprint density at radius 3 is 2.64 bits per heavy atom. The molecule has 1 atom stereocenters. The normalized spacial score (nSPS) is 12.1. The Balaban J connectivity index is 2.28. The van der Waals surface area contributed by atoms with Gasteiger partial charge in [-0.05, 0) is 46.4 Å². The van der Waals surface area contributed by atoms with Crippen LogP contribution in [0.2, 0.25) is 5.15 Å². The van der Waals surface area contributed by atoms with Crippen LogP contribution < -0.4 is 4.74 Å². The Morgan fingerprint density at radius 1 is 1.27 bits per heavy atom. The van der Waals surface area contributed by atoms with Crippen molar-refractivity contribution in [3.8, 4) is 5.75 Å². The van der Waals surface area contributed by atoms with E-state index in [0.717, 1.165) is 5.56 Å². The van der Waals surface area contributed by atoms with E-state index in [9.17, 15) is 4.79 Å². The summed E-state index contributed by atoms with van der Waals surface area (Å²) in [5, 5.41) is 0.401. The molecule has 0 aliphatic heterocycles. The Labute approximate surface area is 147 Å². The van der Waals surface area contributed by atoms with Gasteiger partial charge in [-0.3, -0.25) is 0 Å². The molecule has 0 fully saturated rings. The summed E-state index contributed by atoms with van der Waals surface area (Å²) in [6.45, 7) is 0. The Bertz CT molecular complexity index is 676. The van der Waals surface area contributed by atoms with Gasteiger partial charge in [-0.25, -0.2) is 9.78 Å². The van der Waals surface area contributed by atoms with Crippen LogP contribution in [0, 0.1) is 3.70 Å². The molecule has 0 N–H and O–H groups in total. The lowest BCUT2D eigenvalue weighted by Gasteiger charge is -2.17. The first-order chi connectivity index (χ1) is 10.6. The summed E-state index contributed by atoms with van der Waals surface area (Å²) >= 11 is 7.90. The minimum Gasteiger partial charge on any atom is -0.479 e. The van der Waals surface area contributed by atoms with Crippen molar-refractivity contribution >= 4 is 40.2 Å². The quantitative estimate of drug-likeness (QED) is 0.309. The molecule has 22 heavy (non-hydrogen) atoms. The van der Waals surface area contributed by atoms with Crippen LogP contribution in [0.1, 0.15) is 11.7 Å². The van der Waals surface area contributed by atoms with Crippen LogP contribution in [0.3, 0.4) is 0 Å². The SMILES string of the molecule is COC(=O)/C=C/C(Oc1ccc(Cl)nc1I)c1ccccc1. The predicted molar refractivity (Wildman–Crippen MR) is 92.9 cm³/mol. The molecule has 0 amide bonds. The van der Waals surface area contributed by atoms with Crippen LogP contribution >= 0.6 is 34.2 Å². The van der Waals surface area contributed by atoms with Gasteiger partial charge in [0.25, 0.3) is 0 Å². The summed E-state index contributed by atoms with van der Waals surface area (Å²) in [6.07, 6.45) is 2.55. The molecule has 0 spiro atoms. The van der Waals surface area contributed by atoms with Crippen molar-refractivity contribution in [3.05, 3.63) is 69.0 Å². The van der Waals surface area contributed by atoms with E-state index in [1.165, 1.54) is 13.2 Å². The number of aromatic nitrogens is 1. The minimum absolute atomic E-state index is 0.401. The van der Waals surface area contributed by atoms with Crippen molar-refractivity contribution in [2.75, 3.05) is 7.11 Å². The molecule has 0 aliphatic carbocycles. The van der Waals surface area contributed by atoms with Gasteiger partial charge in [0.2, 0.25) is 0 Å². The summed E-state index contributed by atoms with van der Waals surface area (Å²) in [7, 11) is 1.33. The summed E-state index contributed by atoms with van der Waals surface area (Å²) in [5.74, 6) is 0.154. The maximum Gasteiger partial charge on any atom is 0.330 e. The molecule has 2 aromatic rings. The molecular formula is C16H13ClINO3. The number of pyridine rings is 1. The second kappa shape index (κ2) is 8.14. The van der Waals surface area contributed by atoms with Gasteiger partial charge in [0.1, 0.15) is 15.0 Å². The number of esters is 1. The van der Waals surface area contributed by atoms with E-state index in [2.05, 4.69) is 32.3 Å². The number of hydrogen-bond acceptors (Lipinski definition) is 4. The van der Waals surface area contributed by atoms with Gasteiger partial charge in [-0.2, -0.15) is 0 Å². The van der Waals surface area contributed by atoms with E-state index in [4.69, 9.17) is 16.3 Å². The lowest BCUT2D eigenvalue weighted by atomic mass is 10.1. The first-order valence-corrected chi connectivity index (χ1v) is 7.85. The molecule has 1 unspecified atom stereocenters. The standard InChI is InChI=1S/C16H13ClINO3/c1-21-15(20)10-8-12(11-5-3-2-4-6-11)22-13-7-9-14(17)19-16(13)18/h2-10,12H,1H3/b10-8+.